The number of rotatable bonds is 2. The SMILES string of the molecule is COC(=O)NC1CCN(C(=O)c2ccc(S)cc2)C1. The van der Waals surface area contributed by atoms with Crippen molar-refractivity contribution in [2.24, 2.45) is 0 Å². The van der Waals surface area contributed by atoms with Crippen LogP contribution in [0.4, 0.5) is 4.79 Å². The fourth-order valence-electron chi connectivity index (χ4n) is 2.07. The van der Waals surface area contributed by atoms with Crippen molar-refractivity contribution in [2.45, 2.75) is 17.4 Å². The smallest absolute Gasteiger partial charge is 0.407 e. The topological polar surface area (TPSA) is 58.6 Å². The molecule has 2 rings (SSSR count). The number of carbonyl (C=O) groups excluding carboxylic acids is 2. The monoisotopic (exact) mass is 280 g/mol. The Hall–Kier alpha value is -1.69. The van der Waals surface area contributed by atoms with Gasteiger partial charge in [-0.05, 0) is 30.7 Å². The van der Waals surface area contributed by atoms with Gasteiger partial charge in [-0.15, -0.1) is 12.6 Å². The first-order valence-corrected chi connectivity index (χ1v) is 6.47. The number of nitrogens with zero attached hydrogens (tertiary/aromatic N) is 1. The van der Waals surface area contributed by atoms with Crippen molar-refractivity contribution in [3.8, 4) is 0 Å². The fourth-order valence-corrected chi connectivity index (χ4v) is 2.22. The van der Waals surface area contributed by atoms with Gasteiger partial charge < -0.3 is 15.0 Å². The van der Waals surface area contributed by atoms with Gasteiger partial charge in [0, 0.05) is 23.5 Å². The molecule has 1 aromatic rings. The maximum atomic E-state index is 12.2. The standard InChI is InChI=1S/C13H16N2O3S/c1-18-13(17)14-10-6-7-15(8-10)12(16)9-2-4-11(19)5-3-9/h2-5,10,19H,6-8H2,1H3,(H,14,17). The van der Waals surface area contributed by atoms with E-state index in [0.717, 1.165) is 11.3 Å². The second kappa shape index (κ2) is 5.97. The first kappa shape index (κ1) is 13.7. The first-order chi connectivity index (χ1) is 9.10. The highest BCUT2D eigenvalue weighted by Crippen LogP contribution is 2.15. The number of amides is 2. The molecule has 1 N–H and O–H groups in total. The van der Waals surface area contributed by atoms with Crippen LogP contribution in [0.25, 0.3) is 0 Å². The number of alkyl carbamates (subject to hydrolysis) is 1. The lowest BCUT2D eigenvalue weighted by Crippen LogP contribution is -2.38. The Morgan fingerprint density at radius 2 is 2.05 bits per heavy atom. The minimum Gasteiger partial charge on any atom is -0.453 e. The largest absolute Gasteiger partial charge is 0.453 e. The molecule has 0 radical (unpaired) electrons. The molecule has 0 saturated carbocycles. The van der Waals surface area contributed by atoms with Crippen LogP contribution in [0.1, 0.15) is 16.8 Å². The molecular weight excluding hydrogens is 264 g/mol. The molecule has 1 aromatic carbocycles. The molecule has 1 saturated heterocycles. The molecule has 1 heterocycles. The summed E-state index contributed by atoms with van der Waals surface area (Å²) in [4.78, 5) is 25.9. The van der Waals surface area contributed by atoms with E-state index >= 15 is 0 Å². The highest BCUT2D eigenvalue weighted by Gasteiger charge is 2.28. The number of nitrogens with one attached hydrogen (secondary N) is 1. The zero-order valence-corrected chi connectivity index (χ0v) is 11.5. The third-order valence-corrected chi connectivity index (χ3v) is 3.40. The van der Waals surface area contributed by atoms with Crippen molar-refractivity contribution in [2.75, 3.05) is 20.2 Å². The number of methoxy groups -OCH3 is 1. The Balaban J connectivity index is 1.95. The summed E-state index contributed by atoms with van der Waals surface area (Å²) in [5, 5.41) is 2.71. The van der Waals surface area contributed by atoms with E-state index in [2.05, 4.69) is 22.7 Å². The molecule has 0 spiro atoms. The lowest BCUT2D eigenvalue weighted by molar-refractivity contribution is 0.0788. The Kier molecular flexibility index (Phi) is 4.31. The molecule has 0 aromatic heterocycles. The van der Waals surface area contributed by atoms with E-state index < -0.39 is 6.09 Å². The molecule has 1 aliphatic heterocycles. The van der Waals surface area contributed by atoms with E-state index in [9.17, 15) is 9.59 Å². The molecular formula is C13H16N2O3S. The summed E-state index contributed by atoms with van der Waals surface area (Å²) in [6, 6.07) is 7.05. The van der Waals surface area contributed by atoms with Crippen molar-refractivity contribution >= 4 is 24.6 Å². The number of benzene rings is 1. The molecule has 1 unspecified atom stereocenters. The van der Waals surface area contributed by atoms with Crippen molar-refractivity contribution in [1.29, 1.82) is 0 Å². The Morgan fingerprint density at radius 1 is 1.37 bits per heavy atom. The van der Waals surface area contributed by atoms with Crippen LogP contribution in [-0.4, -0.2) is 43.1 Å². The van der Waals surface area contributed by atoms with Crippen LogP contribution >= 0.6 is 12.6 Å². The van der Waals surface area contributed by atoms with Gasteiger partial charge in [0.05, 0.1) is 13.2 Å². The zero-order valence-electron chi connectivity index (χ0n) is 10.6. The van der Waals surface area contributed by atoms with Gasteiger partial charge in [-0.2, -0.15) is 0 Å². The first-order valence-electron chi connectivity index (χ1n) is 6.03. The van der Waals surface area contributed by atoms with E-state index in [0.29, 0.717) is 18.7 Å². The van der Waals surface area contributed by atoms with Gasteiger partial charge in [0.2, 0.25) is 0 Å². The summed E-state index contributed by atoms with van der Waals surface area (Å²) in [6.45, 7) is 1.15. The summed E-state index contributed by atoms with van der Waals surface area (Å²) in [5.74, 6) is -0.0255. The summed E-state index contributed by atoms with van der Waals surface area (Å²) < 4.78 is 4.54. The second-order valence-electron chi connectivity index (χ2n) is 4.42. The fraction of sp³-hybridized carbons (Fsp3) is 0.385. The molecule has 6 heteroatoms. The average molecular weight is 280 g/mol. The van der Waals surface area contributed by atoms with Gasteiger partial charge in [-0.1, -0.05) is 0 Å². The van der Waals surface area contributed by atoms with Crippen molar-refractivity contribution in [1.82, 2.24) is 10.2 Å². The van der Waals surface area contributed by atoms with E-state index in [1.54, 1.807) is 29.2 Å². The lowest BCUT2D eigenvalue weighted by Gasteiger charge is -2.17. The number of ether oxygens (including phenoxy) is 1. The van der Waals surface area contributed by atoms with Gasteiger partial charge >= 0.3 is 6.09 Å². The molecule has 102 valence electrons. The molecule has 1 aliphatic rings. The van der Waals surface area contributed by atoms with Gasteiger partial charge in [-0.3, -0.25) is 4.79 Å². The second-order valence-corrected chi connectivity index (χ2v) is 4.94. The van der Waals surface area contributed by atoms with Crippen LogP contribution < -0.4 is 5.32 Å². The number of carbonyl (C=O) groups is 2. The lowest BCUT2D eigenvalue weighted by atomic mass is 10.2. The van der Waals surface area contributed by atoms with Crippen LogP contribution in [0.5, 0.6) is 0 Å². The maximum Gasteiger partial charge on any atom is 0.407 e. The normalized spacial score (nSPS) is 18.2. The molecule has 5 nitrogen and oxygen atoms in total. The summed E-state index contributed by atoms with van der Waals surface area (Å²) in [7, 11) is 1.33. The van der Waals surface area contributed by atoms with E-state index in [4.69, 9.17) is 0 Å². The van der Waals surface area contributed by atoms with Crippen LogP contribution in [0, 0.1) is 0 Å². The minimum atomic E-state index is -0.460. The third-order valence-electron chi connectivity index (χ3n) is 3.10. The van der Waals surface area contributed by atoms with Gasteiger partial charge in [0.15, 0.2) is 0 Å². The number of hydrogen-bond acceptors (Lipinski definition) is 4. The molecule has 2 amide bonds. The van der Waals surface area contributed by atoms with Crippen molar-refractivity contribution < 1.29 is 14.3 Å². The number of thiol groups is 1. The Labute approximate surface area is 117 Å². The number of hydrogen-bond donors (Lipinski definition) is 2. The summed E-state index contributed by atoms with van der Waals surface area (Å²) in [6.07, 6.45) is 0.282. The minimum absolute atomic E-state index is 0.0255. The summed E-state index contributed by atoms with van der Waals surface area (Å²) >= 11 is 4.19. The predicted molar refractivity (Wildman–Crippen MR) is 73.5 cm³/mol. The van der Waals surface area contributed by atoms with Crippen LogP contribution in [0.15, 0.2) is 29.2 Å². The molecule has 1 atom stereocenters. The predicted octanol–water partition coefficient (Wildman–Crippen LogP) is 1.55. The van der Waals surface area contributed by atoms with Crippen LogP contribution in [0.3, 0.4) is 0 Å². The quantitative estimate of drug-likeness (QED) is 0.808. The van der Waals surface area contributed by atoms with E-state index in [1.807, 2.05) is 0 Å². The van der Waals surface area contributed by atoms with Crippen LogP contribution in [0.2, 0.25) is 0 Å². The highest BCUT2D eigenvalue weighted by atomic mass is 32.1. The highest BCUT2D eigenvalue weighted by molar-refractivity contribution is 7.80. The maximum absolute atomic E-state index is 12.2. The molecule has 0 aliphatic carbocycles. The van der Waals surface area contributed by atoms with Crippen molar-refractivity contribution in [3.63, 3.8) is 0 Å². The third kappa shape index (κ3) is 3.41. The molecule has 1 fully saturated rings. The zero-order chi connectivity index (χ0) is 13.8. The summed E-state index contributed by atoms with van der Waals surface area (Å²) in [5.41, 5.74) is 0.636. The van der Waals surface area contributed by atoms with E-state index in [-0.39, 0.29) is 11.9 Å². The molecule has 19 heavy (non-hydrogen) atoms. The Bertz CT molecular complexity index is 475. The van der Waals surface area contributed by atoms with Gasteiger partial charge in [-0.25, -0.2) is 4.79 Å². The number of likely N-dealkylation sites (tertiary alicyclic amines) is 1. The molecule has 0 bridgehead atoms. The van der Waals surface area contributed by atoms with Gasteiger partial charge in [0.1, 0.15) is 0 Å². The van der Waals surface area contributed by atoms with Crippen LogP contribution in [-0.2, 0) is 4.74 Å². The van der Waals surface area contributed by atoms with E-state index in [1.165, 1.54) is 7.11 Å². The van der Waals surface area contributed by atoms with Crippen molar-refractivity contribution in [3.05, 3.63) is 29.8 Å². The van der Waals surface area contributed by atoms with Gasteiger partial charge in [0.25, 0.3) is 5.91 Å². The Morgan fingerprint density at radius 3 is 2.68 bits per heavy atom. The average Bonchev–Trinajstić information content (AvgIpc) is 2.87.